The summed E-state index contributed by atoms with van der Waals surface area (Å²) in [5, 5.41) is 0. The maximum Gasteiger partial charge on any atom is 0 e. The molecule has 0 heterocycles. The molecule has 0 aromatic rings. The van der Waals surface area contributed by atoms with Crippen LogP contribution in [0.2, 0.25) is 0 Å². The molecule has 4 heavy (non-hydrogen) atoms. The van der Waals surface area contributed by atoms with E-state index in [2.05, 4.69) is 0 Å². The van der Waals surface area contributed by atoms with Crippen molar-refractivity contribution in [2.75, 3.05) is 0 Å². The van der Waals surface area contributed by atoms with E-state index in [4.69, 9.17) is 0 Å². The molecule has 0 bridgehead atoms. The van der Waals surface area contributed by atoms with E-state index < -0.39 is 0 Å². The van der Waals surface area contributed by atoms with Crippen LogP contribution in [0.5, 0.6) is 0 Å². The van der Waals surface area contributed by atoms with E-state index >= 15 is 0 Å². The zero-order valence-electron chi connectivity index (χ0n) is 3.08. The molecule has 0 rings (SSSR count). The van der Waals surface area contributed by atoms with Gasteiger partial charge in [-0.3, -0.25) is 0 Å². The van der Waals surface area contributed by atoms with Gasteiger partial charge in [0.05, 0.1) is 0 Å². The monoisotopic (exact) mass is 275 g/mol. The Morgan fingerprint density at radius 3 is 1.25 bits per heavy atom. The summed E-state index contributed by atoms with van der Waals surface area (Å²) in [4.78, 5) is 0. The first-order valence-corrected chi connectivity index (χ1v) is 1.15. The van der Waals surface area contributed by atoms with Crippen LogP contribution in [-0.4, -0.2) is 0 Å². The Morgan fingerprint density at radius 1 is 1.25 bits per heavy atom. The molecule has 0 aromatic heterocycles. The van der Waals surface area contributed by atoms with Crippen molar-refractivity contribution in [1.82, 2.24) is 0 Å². The summed E-state index contributed by atoms with van der Waals surface area (Å²) < 4.78 is 0. The van der Waals surface area contributed by atoms with Crippen molar-refractivity contribution in [2.45, 2.75) is 13.8 Å². The van der Waals surface area contributed by atoms with E-state index in [1.54, 1.807) is 0 Å². The van der Waals surface area contributed by atoms with Gasteiger partial charge in [0.25, 0.3) is 0 Å². The Balaban J connectivity index is 0. The maximum absolute atomic E-state index is 2.00. The Hall–Kier alpha value is 1.32. The van der Waals surface area contributed by atoms with Crippen molar-refractivity contribution >= 4 is 0 Å². The normalized spacial score (nSPS) is 4.50. The SMILES string of the molecule is C[CH-]C.[Th]. The molecule has 0 atom stereocenters. The molecule has 0 nitrogen and oxygen atoms in total. The predicted octanol–water partition coefficient (Wildman–Crippen LogP) is 1.23. The smallest absolute Gasteiger partial charge is 0 e. The van der Waals surface area contributed by atoms with Crippen molar-refractivity contribution < 1.29 is 39.9 Å². The molecule has 0 fully saturated rings. The molecule has 0 saturated heterocycles. The van der Waals surface area contributed by atoms with Gasteiger partial charge in [-0.1, -0.05) is 0 Å². The predicted molar refractivity (Wildman–Crippen MR) is 15.6 cm³/mol. The van der Waals surface area contributed by atoms with E-state index in [0.717, 1.165) is 0 Å². The molecule has 24 valence electrons. The van der Waals surface area contributed by atoms with Crippen molar-refractivity contribution in [2.24, 2.45) is 0 Å². The summed E-state index contributed by atoms with van der Waals surface area (Å²) >= 11 is 0. The first-order chi connectivity index (χ1) is 1.41. The minimum atomic E-state index is 0. The fourth-order valence-electron chi connectivity index (χ4n) is 0. The molecule has 0 radical (unpaired) electrons. The second-order valence-corrected chi connectivity index (χ2v) is 0.577. The number of hydrogen-bond donors (Lipinski definition) is 0. The Labute approximate surface area is 59.7 Å². The van der Waals surface area contributed by atoms with Gasteiger partial charge in [0, 0.05) is 39.9 Å². The molecule has 0 aliphatic heterocycles. The van der Waals surface area contributed by atoms with E-state index in [0.29, 0.717) is 0 Å². The second kappa shape index (κ2) is 8.85. The first kappa shape index (κ1) is 9.01. The summed E-state index contributed by atoms with van der Waals surface area (Å²) in [6, 6.07) is 0. The van der Waals surface area contributed by atoms with Gasteiger partial charge in [-0.15, -0.1) is 0 Å². The molecule has 0 aliphatic carbocycles. The molecule has 0 amide bonds. The minimum Gasteiger partial charge on any atom is -0.335 e. The van der Waals surface area contributed by atoms with Gasteiger partial charge in [-0.2, -0.15) is 13.8 Å². The van der Waals surface area contributed by atoms with Gasteiger partial charge < -0.3 is 6.42 Å². The van der Waals surface area contributed by atoms with E-state index in [9.17, 15) is 0 Å². The molecule has 0 saturated carbocycles. The zero-order chi connectivity index (χ0) is 2.71. The van der Waals surface area contributed by atoms with Crippen LogP contribution in [0.4, 0.5) is 0 Å². The van der Waals surface area contributed by atoms with E-state index in [-0.39, 0.29) is 39.9 Å². The molecule has 0 spiro atoms. The van der Waals surface area contributed by atoms with Gasteiger partial charge >= 0.3 is 0 Å². The Morgan fingerprint density at radius 2 is 1.25 bits per heavy atom. The minimum absolute atomic E-state index is 0. The standard InChI is InChI=1S/C3H7.Th/c1-3-2;/h3H,1-2H3;/q-1;. The van der Waals surface area contributed by atoms with Gasteiger partial charge in [0.15, 0.2) is 0 Å². The van der Waals surface area contributed by atoms with E-state index in [1.165, 1.54) is 0 Å². The maximum atomic E-state index is 2.00. The third kappa shape index (κ3) is 10.2. The van der Waals surface area contributed by atoms with Crippen molar-refractivity contribution in [3.05, 3.63) is 6.42 Å². The summed E-state index contributed by atoms with van der Waals surface area (Å²) in [5.41, 5.74) is 0. The van der Waals surface area contributed by atoms with E-state index in [1.807, 2.05) is 20.3 Å². The third-order valence-corrected chi connectivity index (χ3v) is 0. The molecule has 1 heteroatoms. The van der Waals surface area contributed by atoms with Gasteiger partial charge in [-0.25, -0.2) is 0 Å². The largest absolute Gasteiger partial charge is 0.335 e. The molecule has 0 aromatic carbocycles. The summed E-state index contributed by atoms with van der Waals surface area (Å²) in [6.45, 7) is 4.00. The number of hydrogen-bond acceptors (Lipinski definition) is 0. The quantitative estimate of drug-likeness (QED) is 0.583. The Kier molecular flexibility index (Phi) is 19.9. The van der Waals surface area contributed by atoms with Crippen LogP contribution in [0.3, 0.4) is 0 Å². The van der Waals surface area contributed by atoms with Crippen LogP contribution in [0.1, 0.15) is 13.8 Å². The average Bonchev–Trinajstić information content (AvgIpc) is 0.918. The second-order valence-electron chi connectivity index (χ2n) is 0.577. The van der Waals surface area contributed by atoms with Crippen LogP contribution in [0.15, 0.2) is 0 Å². The fourth-order valence-corrected chi connectivity index (χ4v) is 0. The average molecular weight is 275 g/mol. The van der Waals surface area contributed by atoms with Gasteiger partial charge in [0.1, 0.15) is 0 Å². The topological polar surface area (TPSA) is 0 Å². The molecular weight excluding hydrogens is 268 g/mol. The van der Waals surface area contributed by atoms with Crippen molar-refractivity contribution in [1.29, 1.82) is 0 Å². The van der Waals surface area contributed by atoms with Gasteiger partial charge in [0.2, 0.25) is 0 Å². The number of rotatable bonds is 0. The molecular formula is C3H7Th-. The van der Waals surface area contributed by atoms with Crippen molar-refractivity contribution in [3.8, 4) is 0 Å². The zero-order valence-corrected chi connectivity index (χ0v) is 7.19. The van der Waals surface area contributed by atoms with Crippen LogP contribution in [0, 0.1) is 46.4 Å². The fraction of sp³-hybridized carbons (Fsp3) is 0.667. The van der Waals surface area contributed by atoms with Crippen LogP contribution in [-0.2, 0) is 0 Å². The Bertz CT molecular complexity index is 3.25. The third-order valence-electron chi connectivity index (χ3n) is 0. The van der Waals surface area contributed by atoms with Crippen LogP contribution < -0.4 is 0 Å². The molecule has 0 unspecified atom stereocenters. The summed E-state index contributed by atoms with van der Waals surface area (Å²) in [7, 11) is 0. The first-order valence-electron chi connectivity index (χ1n) is 1.15. The summed E-state index contributed by atoms with van der Waals surface area (Å²) in [6.07, 6.45) is 2.00. The summed E-state index contributed by atoms with van der Waals surface area (Å²) in [5.74, 6) is 0. The van der Waals surface area contributed by atoms with Crippen molar-refractivity contribution in [3.63, 3.8) is 0 Å². The van der Waals surface area contributed by atoms with Crippen LogP contribution in [0.25, 0.3) is 0 Å². The molecule has 0 N–H and O–H groups in total. The van der Waals surface area contributed by atoms with Crippen LogP contribution >= 0.6 is 0 Å². The van der Waals surface area contributed by atoms with Gasteiger partial charge in [-0.05, 0) is 0 Å². The molecule has 0 aliphatic rings.